The van der Waals surface area contributed by atoms with Crippen LogP contribution in [0.1, 0.15) is 44.9 Å². The highest BCUT2D eigenvalue weighted by Crippen LogP contribution is 2.31. The van der Waals surface area contributed by atoms with Gasteiger partial charge in [-0.2, -0.15) is 4.98 Å². The van der Waals surface area contributed by atoms with E-state index >= 15 is 0 Å². The molecule has 2 heterocycles. The molecule has 7 heteroatoms. The molecule has 1 aromatic carbocycles. The summed E-state index contributed by atoms with van der Waals surface area (Å²) in [7, 11) is 1.61. The van der Waals surface area contributed by atoms with E-state index in [0.717, 1.165) is 31.5 Å². The Morgan fingerprint density at radius 1 is 1.22 bits per heavy atom. The van der Waals surface area contributed by atoms with Crippen molar-refractivity contribution in [3.63, 3.8) is 0 Å². The molecular weight excluding hydrogens is 346 g/mol. The molecule has 0 bridgehead atoms. The van der Waals surface area contributed by atoms with Crippen LogP contribution in [0.4, 0.5) is 0 Å². The molecule has 0 aliphatic carbocycles. The van der Waals surface area contributed by atoms with Crippen LogP contribution < -0.4 is 9.47 Å². The van der Waals surface area contributed by atoms with Crippen molar-refractivity contribution in [2.45, 2.75) is 45.4 Å². The second kappa shape index (κ2) is 9.39. The third kappa shape index (κ3) is 4.99. The van der Waals surface area contributed by atoms with Gasteiger partial charge in [-0.25, -0.2) is 0 Å². The van der Waals surface area contributed by atoms with Crippen molar-refractivity contribution < 1.29 is 18.8 Å². The summed E-state index contributed by atoms with van der Waals surface area (Å²) in [6.07, 6.45) is 5.29. The first-order valence-electron chi connectivity index (χ1n) is 9.63. The number of likely N-dealkylation sites (tertiary alicyclic amines) is 1. The SMILES string of the molecule is CCOc1cc(-c2noc(CCCC(=O)N3CCCCC3)n2)ccc1OC. The van der Waals surface area contributed by atoms with Gasteiger partial charge in [0.2, 0.25) is 17.6 Å². The van der Waals surface area contributed by atoms with E-state index in [1.165, 1.54) is 6.42 Å². The lowest BCUT2D eigenvalue weighted by atomic mass is 10.1. The van der Waals surface area contributed by atoms with Gasteiger partial charge in [-0.15, -0.1) is 0 Å². The highest BCUT2D eigenvalue weighted by molar-refractivity contribution is 5.76. The smallest absolute Gasteiger partial charge is 0.226 e. The number of nitrogens with zero attached hydrogens (tertiary/aromatic N) is 3. The van der Waals surface area contributed by atoms with Crippen molar-refractivity contribution in [1.82, 2.24) is 15.0 Å². The van der Waals surface area contributed by atoms with Gasteiger partial charge in [0.25, 0.3) is 0 Å². The number of aryl methyl sites for hydroxylation is 1. The maximum Gasteiger partial charge on any atom is 0.226 e. The number of hydrogen-bond acceptors (Lipinski definition) is 6. The number of benzene rings is 1. The lowest BCUT2D eigenvalue weighted by Crippen LogP contribution is -2.35. The minimum atomic E-state index is 0.228. The quantitative estimate of drug-likeness (QED) is 0.705. The number of piperidine rings is 1. The number of rotatable bonds is 8. The third-order valence-corrected chi connectivity index (χ3v) is 4.68. The Balaban J connectivity index is 1.56. The standard InChI is InChI=1S/C20H27N3O4/c1-3-26-17-14-15(10-11-16(17)25-2)20-21-18(27-22-20)8-7-9-19(24)23-12-5-4-6-13-23/h10-11,14H,3-9,12-13H2,1-2H3. The summed E-state index contributed by atoms with van der Waals surface area (Å²) in [5.74, 6) is 2.60. The molecule has 1 aliphatic rings. The second-order valence-corrected chi connectivity index (χ2v) is 6.61. The van der Waals surface area contributed by atoms with Crippen LogP contribution in [-0.4, -0.2) is 47.8 Å². The lowest BCUT2D eigenvalue weighted by molar-refractivity contribution is -0.132. The van der Waals surface area contributed by atoms with Gasteiger partial charge in [0.1, 0.15) is 0 Å². The Labute approximate surface area is 159 Å². The average molecular weight is 373 g/mol. The van der Waals surface area contributed by atoms with Crippen molar-refractivity contribution in [1.29, 1.82) is 0 Å². The second-order valence-electron chi connectivity index (χ2n) is 6.61. The van der Waals surface area contributed by atoms with Gasteiger partial charge in [-0.1, -0.05) is 5.16 Å². The van der Waals surface area contributed by atoms with Gasteiger partial charge in [0.15, 0.2) is 11.5 Å². The number of aromatic nitrogens is 2. The zero-order chi connectivity index (χ0) is 19.1. The molecule has 27 heavy (non-hydrogen) atoms. The molecule has 0 spiro atoms. The van der Waals surface area contributed by atoms with Crippen LogP contribution in [0, 0.1) is 0 Å². The first-order valence-corrected chi connectivity index (χ1v) is 9.63. The Morgan fingerprint density at radius 2 is 2.04 bits per heavy atom. The molecule has 2 aromatic rings. The van der Waals surface area contributed by atoms with Gasteiger partial charge in [-0.05, 0) is 50.8 Å². The van der Waals surface area contributed by atoms with Gasteiger partial charge in [0.05, 0.1) is 13.7 Å². The van der Waals surface area contributed by atoms with Crippen molar-refractivity contribution >= 4 is 5.91 Å². The number of carbonyl (C=O) groups is 1. The van der Waals surface area contributed by atoms with E-state index in [2.05, 4.69) is 10.1 Å². The first kappa shape index (κ1) is 19.2. The van der Waals surface area contributed by atoms with E-state index in [0.29, 0.717) is 49.1 Å². The predicted octanol–water partition coefficient (Wildman–Crippen LogP) is 3.48. The fourth-order valence-corrected chi connectivity index (χ4v) is 3.25. The molecule has 0 N–H and O–H groups in total. The van der Waals surface area contributed by atoms with E-state index in [9.17, 15) is 4.79 Å². The van der Waals surface area contributed by atoms with E-state index in [1.807, 2.05) is 30.0 Å². The molecule has 3 rings (SSSR count). The van der Waals surface area contributed by atoms with Crippen molar-refractivity contribution in [3.8, 4) is 22.9 Å². The summed E-state index contributed by atoms with van der Waals surface area (Å²) in [4.78, 5) is 18.6. The van der Waals surface area contributed by atoms with E-state index in [1.54, 1.807) is 7.11 Å². The lowest BCUT2D eigenvalue weighted by Gasteiger charge is -2.26. The molecule has 146 valence electrons. The zero-order valence-corrected chi connectivity index (χ0v) is 16.1. The van der Waals surface area contributed by atoms with Crippen LogP contribution in [0.3, 0.4) is 0 Å². The number of methoxy groups -OCH3 is 1. The fraction of sp³-hybridized carbons (Fsp3) is 0.550. The summed E-state index contributed by atoms with van der Waals surface area (Å²) in [6.45, 7) is 4.25. The van der Waals surface area contributed by atoms with Gasteiger partial charge >= 0.3 is 0 Å². The topological polar surface area (TPSA) is 77.7 Å². The molecule has 1 aliphatic heterocycles. The Hall–Kier alpha value is -2.57. The highest BCUT2D eigenvalue weighted by atomic mass is 16.5. The Kier molecular flexibility index (Phi) is 6.68. The van der Waals surface area contributed by atoms with Crippen LogP contribution in [0.25, 0.3) is 11.4 Å². The minimum Gasteiger partial charge on any atom is -0.493 e. The van der Waals surface area contributed by atoms with Gasteiger partial charge < -0.3 is 18.9 Å². The van der Waals surface area contributed by atoms with Crippen molar-refractivity contribution in [2.24, 2.45) is 0 Å². The summed E-state index contributed by atoms with van der Waals surface area (Å²) < 4.78 is 16.2. The third-order valence-electron chi connectivity index (χ3n) is 4.68. The van der Waals surface area contributed by atoms with Crippen LogP contribution in [0.5, 0.6) is 11.5 Å². The van der Waals surface area contributed by atoms with E-state index in [4.69, 9.17) is 14.0 Å². The molecule has 0 saturated carbocycles. The largest absolute Gasteiger partial charge is 0.493 e. The molecular formula is C20H27N3O4. The monoisotopic (exact) mass is 373 g/mol. The van der Waals surface area contributed by atoms with Crippen LogP contribution >= 0.6 is 0 Å². The van der Waals surface area contributed by atoms with Crippen molar-refractivity contribution in [3.05, 3.63) is 24.1 Å². The maximum absolute atomic E-state index is 12.2. The molecule has 0 radical (unpaired) electrons. The Bertz CT molecular complexity index is 753. The molecule has 0 unspecified atom stereocenters. The summed E-state index contributed by atoms with van der Waals surface area (Å²) in [5, 5.41) is 4.05. The van der Waals surface area contributed by atoms with Crippen molar-refractivity contribution in [2.75, 3.05) is 26.8 Å². The molecule has 1 aromatic heterocycles. The van der Waals surface area contributed by atoms with Crippen LogP contribution in [-0.2, 0) is 11.2 Å². The molecule has 1 saturated heterocycles. The van der Waals surface area contributed by atoms with Gasteiger partial charge in [0, 0.05) is 31.5 Å². The summed E-state index contributed by atoms with van der Waals surface area (Å²) in [6, 6.07) is 5.54. The fourth-order valence-electron chi connectivity index (χ4n) is 3.25. The number of ether oxygens (including phenoxy) is 2. The van der Waals surface area contributed by atoms with E-state index < -0.39 is 0 Å². The predicted molar refractivity (Wildman–Crippen MR) is 101 cm³/mol. The number of amides is 1. The molecule has 1 fully saturated rings. The summed E-state index contributed by atoms with van der Waals surface area (Å²) in [5.41, 5.74) is 0.804. The molecule has 7 nitrogen and oxygen atoms in total. The Morgan fingerprint density at radius 3 is 2.78 bits per heavy atom. The number of carbonyl (C=O) groups excluding carboxylic acids is 1. The van der Waals surface area contributed by atoms with E-state index in [-0.39, 0.29) is 5.91 Å². The maximum atomic E-state index is 12.2. The van der Waals surface area contributed by atoms with Crippen LogP contribution in [0.2, 0.25) is 0 Å². The minimum absolute atomic E-state index is 0.228. The normalized spacial score (nSPS) is 14.2. The first-order chi connectivity index (χ1) is 13.2. The number of hydrogen-bond donors (Lipinski definition) is 0. The highest BCUT2D eigenvalue weighted by Gasteiger charge is 2.17. The average Bonchev–Trinajstić information content (AvgIpc) is 3.18. The zero-order valence-electron chi connectivity index (χ0n) is 16.1. The summed E-state index contributed by atoms with van der Waals surface area (Å²) >= 11 is 0. The molecule has 0 atom stereocenters. The van der Waals surface area contributed by atoms with Gasteiger partial charge in [-0.3, -0.25) is 4.79 Å². The molecule has 1 amide bonds. The van der Waals surface area contributed by atoms with Crippen LogP contribution in [0.15, 0.2) is 22.7 Å².